The highest BCUT2D eigenvalue weighted by atomic mass is 16.2. The van der Waals surface area contributed by atoms with Crippen molar-refractivity contribution in [2.45, 2.75) is 46.1 Å². The monoisotopic (exact) mass is 382 g/mol. The molecule has 1 atom stereocenters. The Hall–Kier alpha value is -3.23. The van der Waals surface area contributed by atoms with Gasteiger partial charge < -0.3 is 9.88 Å². The number of hydrogen-bond donors (Lipinski definition) is 2. The summed E-state index contributed by atoms with van der Waals surface area (Å²) in [6, 6.07) is 3.10. The zero-order chi connectivity index (χ0) is 20.0. The first kappa shape index (κ1) is 18.1. The fourth-order valence-electron chi connectivity index (χ4n) is 3.90. The van der Waals surface area contributed by atoms with Crippen LogP contribution >= 0.6 is 0 Å². The number of rotatable bonds is 3. The first-order valence-corrected chi connectivity index (χ1v) is 9.28. The van der Waals surface area contributed by atoms with Gasteiger partial charge >= 0.3 is 0 Å². The van der Waals surface area contributed by atoms with E-state index in [1.54, 1.807) is 25.7 Å². The number of likely N-dealkylation sites (tertiary alicyclic amines) is 1. The smallest absolute Gasteiger partial charge is 0.272 e. The highest BCUT2D eigenvalue weighted by Crippen LogP contribution is 2.31. The number of aryl methyl sites for hydroxylation is 3. The molecule has 4 heterocycles. The van der Waals surface area contributed by atoms with Gasteiger partial charge in [0.05, 0.1) is 18.2 Å². The van der Waals surface area contributed by atoms with E-state index in [1.807, 2.05) is 6.07 Å². The van der Waals surface area contributed by atoms with Gasteiger partial charge in [0.2, 0.25) is 5.91 Å². The molecule has 9 heteroatoms. The van der Waals surface area contributed by atoms with Crippen molar-refractivity contribution in [1.82, 2.24) is 29.5 Å². The molecule has 3 aromatic heterocycles. The van der Waals surface area contributed by atoms with Gasteiger partial charge in [-0.1, -0.05) is 0 Å². The standard InChI is InChI=1S/C19H22N6O3/c1-10-7-18(27)25-16(20-10)9-14(23-25)15-5-4-6-24(15)17(26)8-13-11(2)21-12(3)22-19(13)28/h7,9,15,23H,4-6,8H2,1-3H3,(H,21,22,28). The van der Waals surface area contributed by atoms with Crippen LogP contribution in [-0.4, -0.2) is 41.9 Å². The molecule has 146 valence electrons. The number of hydrogen-bond acceptors (Lipinski definition) is 5. The third kappa shape index (κ3) is 3.12. The van der Waals surface area contributed by atoms with Crippen LogP contribution in [0.25, 0.3) is 5.65 Å². The Morgan fingerprint density at radius 1 is 1.21 bits per heavy atom. The molecule has 0 aliphatic carbocycles. The Labute approximate surface area is 160 Å². The lowest BCUT2D eigenvalue weighted by Crippen LogP contribution is -2.34. The average molecular weight is 382 g/mol. The van der Waals surface area contributed by atoms with E-state index >= 15 is 0 Å². The number of nitrogens with one attached hydrogen (secondary N) is 2. The van der Waals surface area contributed by atoms with Gasteiger partial charge in [0.25, 0.3) is 11.1 Å². The van der Waals surface area contributed by atoms with Crippen LogP contribution in [0, 0.1) is 20.8 Å². The minimum atomic E-state index is -0.272. The maximum Gasteiger partial charge on any atom is 0.272 e. The Morgan fingerprint density at radius 2 is 2.00 bits per heavy atom. The molecule has 3 aromatic rings. The molecule has 1 saturated heterocycles. The van der Waals surface area contributed by atoms with Gasteiger partial charge in [0.15, 0.2) is 5.65 Å². The van der Waals surface area contributed by atoms with Crippen molar-refractivity contribution in [3.8, 4) is 0 Å². The van der Waals surface area contributed by atoms with Crippen LogP contribution in [0.5, 0.6) is 0 Å². The van der Waals surface area contributed by atoms with Crippen molar-refractivity contribution in [2.75, 3.05) is 6.54 Å². The topological polar surface area (TPSA) is 116 Å². The van der Waals surface area contributed by atoms with Gasteiger partial charge in [-0.05, 0) is 33.6 Å². The predicted molar refractivity (Wildman–Crippen MR) is 102 cm³/mol. The minimum absolute atomic E-state index is 0.00246. The quantitative estimate of drug-likeness (QED) is 0.699. The molecule has 0 saturated carbocycles. The Bertz CT molecular complexity index is 1190. The van der Waals surface area contributed by atoms with Crippen LogP contribution in [0.2, 0.25) is 0 Å². The third-order valence-electron chi connectivity index (χ3n) is 5.20. The predicted octanol–water partition coefficient (Wildman–Crippen LogP) is 0.937. The van der Waals surface area contributed by atoms with Crippen molar-refractivity contribution in [3.63, 3.8) is 0 Å². The van der Waals surface area contributed by atoms with Gasteiger partial charge in [0, 0.05) is 35.6 Å². The summed E-state index contributed by atoms with van der Waals surface area (Å²) < 4.78 is 1.39. The molecule has 1 aliphatic rings. The van der Waals surface area contributed by atoms with E-state index in [9.17, 15) is 14.4 Å². The molecule has 0 aromatic carbocycles. The summed E-state index contributed by atoms with van der Waals surface area (Å²) in [7, 11) is 0. The van der Waals surface area contributed by atoms with E-state index in [0.29, 0.717) is 35.0 Å². The Morgan fingerprint density at radius 3 is 2.75 bits per heavy atom. The SMILES string of the molecule is Cc1cc(=O)n2[nH]c(C3CCCN3C(=O)Cc3c(C)nc(C)[nH]c3=O)cc2n1. The lowest BCUT2D eigenvalue weighted by molar-refractivity contribution is -0.131. The van der Waals surface area contributed by atoms with Gasteiger partial charge in [-0.15, -0.1) is 0 Å². The van der Waals surface area contributed by atoms with Crippen molar-refractivity contribution in [1.29, 1.82) is 0 Å². The van der Waals surface area contributed by atoms with Gasteiger partial charge in [-0.3, -0.25) is 19.5 Å². The molecule has 0 bridgehead atoms. The molecule has 1 amide bonds. The van der Waals surface area contributed by atoms with Crippen molar-refractivity contribution in [2.24, 2.45) is 0 Å². The van der Waals surface area contributed by atoms with Crippen molar-refractivity contribution in [3.05, 3.63) is 61.3 Å². The van der Waals surface area contributed by atoms with E-state index in [-0.39, 0.29) is 29.5 Å². The highest BCUT2D eigenvalue weighted by Gasteiger charge is 2.32. The molecule has 28 heavy (non-hydrogen) atoms. The number of carbonyl (C=O) groups is 1. The zero-order valence-corrected chi connectivity index (χ0v) is 16.1. The van der Waals surface area contributed by atoms with E-state index < -0.39 is 0 Å². The molecule has 1 aliphatic heterocycles. The van der Waals surface area contributed by atoms with Crippen LogP contribution < -0.4 is 11.1 Å². The summed E-state index contributed by atoms with van der Waals surface area (Å²) >= 11 is 0. The average Bonchev–Trinajstić information content (AvgIpc) is 3.24. The molecule has 0 radical (unpaired) electrons. The summed E-state index contributed by atoms with van der Waals surface area (Å²) in [5.41, 5.74) is 2.47. The van der Waals surface area contributed by atoms with Crippen LogP contribution in [0.15, 0.2) is 21.7 Å². The molecule has 2 N–H and O–H groups in total. The second-order valence-electron chi connectivity index (χ2n) is 7.28. The number of H-pyrrole nitrogens is 2. The van der Waals surface area contributed by atoms with Crippen LogP contribution in [-0.2, 0) is 11.2 Å². The maximum absolute atomic E-state index is 13.0. The fourth-order valence-corrected chi connectivity index (χ4v) is 3.90. The van der Waals surface area contributed by atoms with E-state index in [0.717, 1.165) is 18.5 Å². The second-order valence-corrected chi connectivity index (χ2v) is 7.28. The summed E-state index contributed by atoms with van der Waals surface area (Å²) in [5.74, 6) is 0.404. The van der Waals surface area contributed by atoms with Gasteiger partial charge in [0.1, 0.15) is 5.82 Å². The third-order valence-corrected chi connectivity index (χ3v) is 5.20. The highest BCUT2D eigenvalue weighted by molar-refractivity contribution is 5.79. The number of carbonyl (C=O) groups excluding carboxylic acids is 1. The number of amides is 1. The zero-order valence-electron chi connectivity index (χ0n) is 16.1. The maximum atomic E-state index is 13.0. The summed E-state index contributed by atoms with van der Waals surface area (Å²) in [5, 5.41) is 3.08. The Balaban J connectivity index is 1.64. The molecule has 1 unspecified atom stereocenters. The van der Waals surface area contributed by atoms with Gasteiger partial charge in [-0.25, -0.2) is 14.5 Å². The first-order chi connectivity index (χ1) is 13.3. The summed E-state index contributed by atoms with van der Waals surface area (Å²) in [6.45, 7) is 5.83. The largest absolute Gasteiger partial charge is 0.334 e. The first-order valence-electron chi connectivity index (χ1n) is 9.28. The van der Waals surface area contributed by atoms with Crippen LogP contribution in [0.4, 0.5) is 0 Å². The minimum Gasteiger partial charge on any atom is -0.334 e. The van der Waals surface area contributed by atoms with Gasteiger partial charge in [-0.2, -0.15) is 0 Å². The lowest BCUT2D eigenvalue weighted by Gasteiger charge is -2.24. The molecule has 4 rings (SSSR count). The van der Waals surface area contributed by atoms with Crippen LogP contribution in [0.1, 0.15) is 47.4 Å². The Kier molecular flexibility index (Phi) is 4.37. The number of aromatic amines is 2. The lowest BCUT2D eigenvalue weighted by atomic mass is 10.1. The summed E-state index contributed by atoms with van der Waals surface area (Å²) in [4.78, 5) is 50.4. The molecule has 9 nitrogen and oxygen atoms in total. The summed E-state index contributed by atoms with van der Waals surface area (Å²) in [6.07, 6.45) is 1.64. The molecule has 0 spiro atoms. The normalized spacial score (nSPS) is 16.8. The van der Waals surface area contributed by atoms with E-state index in [4.69, 9.17) is 0 Å². The van der Waals surface area contributed by atoms with Crippen molar-refractivity contribution < 1.29 is 4.79 Å². The van der Waals surface area contributed by atoms with Crippen molar-refractivity contribution >= 4 is 11.6 Å². The number of aromatic nitrogens is 5. The number of nitrogens with zero attached hydrogens (tertiary/aromatic N) is 4. The van der Waals surface area contributed by atoms with E-state index in [1.165, 1.54) is 10.6 Å². The molecular formula is C19H22N6O3. The fraction of sp³-hybridized carbons (Fsp3) is 0.421. The molecular weight excluding hydrogens is 360 g/mol. The van der Waals surface area contributed by atoms with E-state index in [2.05, 4.69) is 20.1 Å². The van der Waals surface area contributed by atoms with Crippen LogP contribution in [0.3, 0.4) is 0 Å². The number of fused-ring (bicyclic) bond motifs is 1. The second kappa shape index (κ2) is 6.74. The molecule has 1 fully saturated rings.